The molecule has 0 saturated heterocycles. The number of hydrogen-bond donors (Lipinski definition) is 0. The molecule has 2 aliphatic rings. The van der Waals surface area contributed by atoms with Crippen LogP contribution in [0.1, 0.15) is 15.9 Å². The van der Waals surface area contributed by atoms with E-state index in [1.807, 2.05) is 0 Å². The summed E-state index contributed by atoms with van der Waals surface area (Å²) in [5.74, 6) is 1.58. The van der Waals surface area contributed by atoms with Gasteiger partial charge in [-0.1, -0.05) is 6.07 Å². The van der Waals surface area contributed by atoms with Gasteiger partial charge in [-0.25, -0.2) is 0 Å². The molecule has 0 atom stereocenters. The predicted octanol–water partition coefficient (Wildman–Crippen LogP) is 2.16. The maximum absolute atomic E-state index is 12.2. The number of hydrogen-bond acceptors (Lipinski definition) is 7. The fourth-order valence-electron chi connectivity index (χ4n) is 2.71. The quantitative estimate of drug-likeness (QED) is 0.600. The van der Waals surface area contributed by atoms with E-state index in [0.29, 0.717) is 41.8 Å². The Kier molecular flexibility index (Phi) is 4.35. The van der Waals surface area contributed by atoms with E-state index in [1.54, 1.807) is 36.4 Å². The zero-order chi connectivity index (χ0) is 17.9. The molecule has 0 bridgehead atoms. The minimum Gasteiger partial charge on any atom is -0.486 e. The van der Waals surface area contributed by atoms with Crippen molar-refractivity contribution in [3.05, 3.63) is 47.5 Å². The molecule has 0 amide bonds. The van der Waals surface area contributed by atoms with Gasteiger partial charge >= 0.3 is 5.97 Å². The van der Waals surface area contributed by atoms with Gasteiger partial charge in [0.2, 0.25) is 6.79 Å². The van der Waals surface area contributed by atoms with Gasteiger partial charge in [0, 0.05) is 5.56 Å². The summed E-state index contributed by atoms with van der Waals surface area (Å²) >= 11 is 0. The zero-order valence-corrected chi connectivity index (χ0v) is 13.9. The van der Waals surface area contributed by atoms with Gasteiger partial charge in [0.15, 0.2) is 35.4 Å². The van der Waals surface area contributed by atoms with Crippen LogP contribution in [0.2, 0.25) is 0 Å². The lowest BCUT2D eigenvalue weighted by Gasteiger charge is -2.18. The van der Waals surface area contributed by atoms with Crippen LogP contribution in [0, 0.1) is 0 Å². The van der Waals surface area contributed by atoms with Gasteiger partial charge in [0.05, 0.1) is 6.42 Å². The Morgan fingerprint density at radius 3 is 2.42 bits per heavy atom. The van der Waals surface area contributed by atoms with Crippen molar-refractivity contribution in [1.82, 2.24) is 0 Å². The summed E-state index contributed by atoms with van der Waals surface area (Å²) in [5.41, 5.74) is 1.14. The van der Waals surface area contributed by atoms with E-state index in [9.17, 15) is 9.59 Å². The molecule has 134 valence electrons. The molecule has 0 radical (unpaired) electrons. The molecule has 0 unspecified atom stereocenters. The van der Waals surface area contributed by atoms with E-state index < -0.39 is 5.97 Å². The van der Waals surface area contributed by atoms with Crippen molar-refractivity contribution < 1.29 is 33.3 Å². The SMILES string of the molecule is O=C(Cc1ccc2c(c1)OCCO2)OCC(=O)c1ccc2c(c1)OCO2. The summed E-state index contributed by atoms with van der Waals surface area (Å²) in [6, 6.07) is 10.1. The molecule has 0 N–H and O–H groups in total. The molecule has 4 rings (SSSR count). The predicted molar refractivity (Wildman–Crippen MR) is 89.0 cm³/mol. The van der Waals surface area contributed by atoms with E-state index >= 15 is 0 Å². The maximum Gasteiger partial charge on any atom is 0.310 e. The monoisotopic (exact) mass is 356 g/mol. The van der Waals surface area contributed by atoms with Crippen molar-refractivity contribution in [1.29, 1.82) is 0 Å². The molecule has 26 heavy (non-hydrogen) atoms. The van der Waals surface area contributed by atoms with Gasteiger partial charge in [-0.3, -0.25) is 9.59 Å². The Bertz CT molecular complexity index is 859. The van der Waals surface area contributed by atoms with Gasteiger partial charge in [0.25, 0.3) is 0 Å². The number of benzene rings is 2. The molecule has 0 saturated carbocycles. The highest BCUT2D eigenvalue weighted by molar-refractivity contribution is 5.98. The van der Waals surface area contributed by atoms with Gasteiger partial charge in [-0.15, -0.1) is 0 Å². The van der Waals surface area contributed by atoms with Crippen LogP contribution in [0.25, 0.3) is 0 Å². The van der Waals surface area contributed by atoms with Gasteiger partial charge in [-0.05, 0) is 35.9 Å². The van der Waals surface area contributed by atoms with Crippen molar-refractivity contribution in [2.24, 2.45) is 0 Å². The van der Waals surface area contributed by atoms with Crippen molar-refractivity contribution >= 4 is 11.8 Å². The van der Waals surface area contributed by atoms with Crippen LogP contribution in [0.5, 0.6) is 23.0 Å². The molecule has 7 nitrogen and oxygen atoms in total. The summed E-state index contributed by atoms with van der Waals surface area (Å²) in [6.07, 6.45) is 0.0467. The molecular weight excluding hydrogens is 340 g/mol. The first-order valence-corrected chi connectivity index (χ1v) is 8.16. The first-order chi connectivity index (χ1) is 12.7. The first-order valence-electron chi connectivity index (χ1n) is 8.16. The topological polar surface area (TPSA) is 80.3 Å². The smallest absolute Gasteiger partial charge is 0.310 e. The summed E-state index contributed by atoms with van der Waals surface area (Å²) in [4.78, 5) is 24.2. The van der Waals surface area contributed by atoms with Crippen LogP contribution >= 0.6 is 0 Å². The molecule has 0 fully saturated rings. The van der Waals surface area contributed by atoms with Crippen molar-refractivity contribution in [3.63, 3.8) is 0 Å². The molecule has 0 aromatic heterocycles. The molecule has 0 aliphatic carbocycles. The van der Waals surface area contributed by atoms with Gasteiger partial charge in [-0.2, -0.15) is 0 Å². The fraction of sp³-hybridized carbons (Fsp3) is 0.263. The van der Waals surface area contributed by atoms with Crippen molar-refractivity contribution in [2.45, 2.75) is 6.42 Å². The lowest BCUT2D eigenvalue weighted by Crippen LogP contribution is -2.17. The Morgan fingerprint density at radius 2 is 1.54 bits per heavy atom. The number of carbonyl (C=O) groups excluding carboxylic acids is 2. The Labute approximate surface area is 149 Å². The molecule has 0 spiro atoms. The Balaban J connectivity index is 1.33. The lowest BCUT2D eigenvalue weighted by atomic mass is 10.1. The fourth-order valence-corrected chi connectivity index (χ4v) is 2.71. The van der Waals surface area contributed by atoms with Crippen molar-refractivity contribution in [3.8, 4) is 23.0 Å². The molecular formula is C19H16O7. The number of fused-ring (bicyclic) bond motifs is 2. The highest BCUT2D eigenvalue weighted by atomic mass is 16.7. The number of esters is 1. The summed E-state index contributed by atoms with van der Waals surface area (Å²) in [6.45, 7) is 0.793. The molecule has 2 aromatic rings. The summed E-state index contributed by atoms with van der Waals surface area (Å²) < 4.78 is 26.5. The lowest BCUT2D eigenvalue weighted by molar-refractivity contribution is -0.141. The normalized spacial score (nSPS) is 14.0. The van der Waals surface area contributed by atoms with Crippen LogP contribution in [-0.4, -0.2) is 38.4 Å². The second kappa shape index (κ2) is 6.95. The van der Waals surface area contributed by atoms with Crippen LogP contribution in [0.4, 0.5) is 0 Å². The van der Waals surface area contributed by atoms with E-state index in [-0.39, 0.29) is 25.6 Å². The Morgan fingerprint density at radius 1 is 0.846 bits per heavy atom. The molecule has 2 heterocycles. The second-order valence-corrected chi connectivity index (χ2v) is 5.81. The van der Waals surface area contributed by atoms with E-state index in [1.165, 1.54) is 0 Å². The zero-order valence-electron chi connectivity index (χ0n) is 13.9. The third kappa shape index (κ3) is 3.42. The molecule has 2 aliphatic heterocycles. The number of carbonyl (C=O) groups is 2. The summed E-state index contributed by atoms with van der Waals surface area (Å²) in [5, 5.41) is 0. The van der Waals surface area contributed by atoms with Gasteiger partial charge in [0.1, 0.15) is 13.2 Å². The highest BCUT2D eigenvalue weighted by Crippen LogP contribution is 2.33. The van der Waals surface area contributed by atoms with E-state index in [4.69, 9.17) is 23.7 Å². The second-order valence-electron chi connectivity index (χ2n) is 5.81. The van der Waals surface area contributed by atoms with Crippen LogP contribution < -0.4 is 18.9 Å². The van der Waals surface area contributed by atoms with E-state index in [2.05, 4.69) is 0 Å². The number of ketones is 1. The van der Waals surface area contributed by atoms with Crippen LogP contribution in [0.3, 0.4) is 0 Å². The summed E-state index contributed by atoms with van der Waals surface area (Å²) in [7, 11) is 0. The molecule has 7 heteroatoms. The maximum atomic E-state index is 12.2. The number of ether oxygens (including phenoxy) is 5. The van der Waals surface area contributed by atoms with Gasteiger partial charge < -0.3 is 23.7 Å². The number of rotatable bonds is 5. The third-order valence-electron chi connectivity index (χ3n) is 4.01. The van der Waals surface area contributed by atoms with Crippen LogP contribution in [-0.2, 0) is 16.0 Å². The minimum atomic E-state index is -0.490. The Hall–Kier alpha value is -3.22. The largest absolute Gasteiger partial charge is 0.486 e. The average Bonchev–Trinajstić information content (AvgIpc) is 3.14. The first kappa shape index (κ1) is 16.3. The average molecular weight is 356 g/mol. The van der Waals surface area contributed by atoms with E-state index in [0.717, 1.165) is 5.56 Å². The van der Waals surface area contributed by atoms with Crippen molar-refractivity contribution in [2.75, 3.05) is 26.6 Å². The molecule has 2 aromatic carbocycles. The highest BCUT2D eigenvalue weighted by Gasteiger charge is 2.18. The third-order valence-corrected chi connectivity index (χ3v) is 4.01. The number of Topliss-reactive ketones (excluding diaryl/α,β-unsaturated/α-hetero) is 1. The minimum absolute atomic E-state index is 0.0467. The van der Waals surface area contributed by atoms with Crippen LogP contribution in [0.15, 0.2) is 36.4 Å². The standard InChI is InChI=1S/C19H16O7/c20-14(13-2-4-16-18(9-13)26-11-25-16)10-24-19(21)8-12-1-3-15-17(7-12)23-6-5-22-15/h1-4,7,9H,5-6,8,10-11H2.